The van der Waals surface area contributed by atoms with Crippen LogP contribution in [0.3, 0.4) is 0 Å². The van der Waals surface area contributed by atoms with Crippen LogP contribution in [0.15, 0.2) is 0 Å². The summed E-state index contributed by atoms with van der Waals surface area (Å²) in [6.07, 6.45) is 1.70. The molecule has 0 fully saturated rings. The second kappa shape index (κ2) is 18.4. The van der Waals surface area contributed by atoms with Crippen LogP contribution in [0.1, 0.15) is 39.5 Å². The molecule has 0 unspecified atom stereocenters. The molecule has 0 atom stereocenters. The molecule has 0 aliphatic heterocycles. The van der Waals surface area contributed by atoms with Crippen molar-refractivity contribution in [3.8, 4) is 0 Å². The summed E-state index contributed by atoms with van der Waals surface area (Å²) >= 11 is 0. The van der Waals surface area contributed by atoms with Crippen LogP contribution in [-0.4, -0.2) is 40.5 Å². The summed E-state index contributed by atoms with van der Waals surface area (Å²) in [6, 6.07) is 0. The van der Waals surface area contributed by atoms with Crippen molar-refractivity contribution < 1.29 is 25.3 Å². The number of carbonyl (C=O) groups is 2. The second-order valence-corrected chi connectivity index (χ2v) is 2.24. The van der Waals surface area contributed by atoms with E-state index in [4.69, 9.17) is 0 Å². The van der Waals surface area contributed by atoms with Gasteiger partial charge in [-0.2, -0.15) is 0 Å². The Morgan fingerprint density at radius 3 is 1.14 bits per heavy atom. The van der Waals surface area contributed by atoms with Gasteiger partial charge in [0, 0.05) is 11.9 Å². The quantitative estimate of drug-likeness (QED) is 0.500. The van der Waals surface area contributed by atoms with Crippen LogP contribution >= 0.6 is 0 Å². The minimum Gasteiger partial charge on any atom is -0.550 e. The molecule has 0 radical (unpaired) electrons. The van der Waals surface area contributed by atoms with Gasteiger partial charge in [-0.05, 0) is 12.8 Å². The van der Waals surface area contributed by atoms with E-state index in [0.29, 0.717) is 12.8 Å². The van der Waals surface area contributed by atoms with Gasteiger partial charge >= 0.3 is 23.1 Å². The van der Waals surface area contributed by atoms with Gasteiger partial charge in [0.1, 0.15) is 0 Å². The molecule has 0 saturated heterocycles. The van der Waals surface area contributed by atoms with Crippen LogP contribution in [0.2, 0.25) is 0 Å². The predicted molar refractivity (Wildman–Crippen MR) is 49.2 cm³/mol. The molecule has 0 bridgehead atoms. The molecule has 0 aromatic heterocycles. The van der Waals surface area contributed by atoms with Crippen LogP contribution in [0, 0.1) is 0 Å². The average Bonchev–Trinajstić information content (AvgIpc) is 1.87. The van der Waals surface area contributed by atoms with E-state index >= 15 is 0 Å². The summed E-state index contributed by atoms with van der Waals surface area (Å²) < 4.78 is 0. The first kappa shape index (κ1) is 23.5. The first-order chi connectivity index (χ1) is 5.54. The minimum absolute atomic E-state index is 0. The Hall–Kier alpha value is -0.334. The molecule has 80 valence electrons. The fourth-order valence-corrected chi connectivity index (χ4v) is 0.408. The standard InChI is InChI=1S/2C4H8O2.Mg.H2O/c2*1-2-3-4(5)6;;/h2*2-3H2,1H3,(H,5,6);;1H2/q;;+2;/p-2. The van der Waals surface area contributed by atoms with Gasteiger partial charge in [-0.25, -0.2) is 0 Å². The van der Waals surface area contributed by atoms with Gasteiger partial charge in [0.05, 0.1) is 0 Å². The van der Waals surface area contributed by atoms with Gasteiger partial charge in [-0.1, -0.05) is 26.7 Å². The van der Waals surface area contributed by atoms with E-state index in [1.165, 1.54) is 0 Å². The number of carboxylic acid groups (broad SMARTS) is 2. The first-order valence-corrected chi connectivity index (χ1v) is 3.94. The van der Waals surface area contributed by atoms with Crippen molar-refractivity contribution in [1.82, 2.24) is 0 Å². The Morgan fingerprint density at radius 1 is 0.929 bits per heavy atom. The third-order valence-electron chi connectivity index (χ3n) is 0.908. The molecule has 5 nitrogen and oxygen atoms in total. The fourth-order valence-electron chi connectivity index (χ4n) is 0.408. The zero-order valence-electron chi connectivity index (χ0n) is 8.67. The summed E-state index contributed by atoms with van der Waals surface area (Å²) in [5.74, 6) is -1.92. The average molecular weight is 217 g/mol. The molecular formula is C8H16MgO5. The summed E-state index contributed by atoms with van der Waals surface area (Å²) in [4.78, 5) is 19.0. The molecular weight excluding hydrogens is 200 g/mol. The van der Waals surface area contributed by atoms with Crippen molar-refractivity contribution >= 4 is 35.0 Å². The third-order valence-corrected chi connectivity index (χ3v) is 0.908. The molecule has 0 aromatic carbocycles. The van der Waals surface area contributed by atoms with Gasteiger partial charge in [0.25, 0.3) is 0 Å². The largest absolute Gasteiger partial charge is 2.00 e. The number of rotatable bonds is 4. The third kappa shape index (κ3) is 41.3. The molecule has 0 amide bonds. The molecule has 14 heavy (non-hydrogen) atoms. The van der Waals surface area contributed by atoms with Crippen LogP contribution in [-0.2, 0) is 9.59 Å². The predicted octanol–water partition coefficient (Wildman–Crippen LogP) is -2.13. The molecule has 0 saturated carbocycles. The Labute approximate surface area is 100.0 Å². The summed E-state index contributed by atoms with van der Waals surface area (Å²) in [6.45, 7) is 3.60. The van der Waals surface area contributed by atoms with E-state index in [1.54, 1.807) is 13.8 Å². The maximum absolute atomic E-state index is 9.49. The number of hydrogen-bond acceptors (Lipinski definition) is 4. The van der Waals surface area contributed by atoms with Gasteiger partial charge in [0.2, 0.25) is 0 Å². The van der Waals surface area contributed by atoms with E-state index in [-0.39, 0.29) is 41.4 Å². The van der Waals surface area contributed by atoms with Gasteiger partial charge in [-0.3, -0.25) is 0 Å². The molecule has 0 rings (SSSR count). The topological polar surface area (TPSA) is 112 Å². The minimum atomic E-state index is -0.961. The Morgan fingerprint density at radius 2 is 1.14 bits per heavy atom. The van der Waals surface area contributed by atoms with Crippen LogP contribution < -0.4 is 10.2 Å². The second-order valence-electron chi connectivity index (χ2n) is 2.24. The van der Waals surface area contributed by atoms with Crippen molar-refractivity contribution in [2.75, 3.05) is 0 Å². The number of aliphatic carboxylic acids is 2. The summed E-state index contributed by atoms with van der Waals surface area (Å²) in [7, 11) is 0. The van der Waals surface area contributed by atoms with Crippen molar-refractivity contribution in [3.05, 3.63) is 0 Å². The molecule has 0 aliphatic carbocycles. The van der Waals surface area contributed by atoms with Crippen molar-refractivity contribution in [2.24, 2.45) is 0 Å². The van der Waals surface area contributed by atoms with Gasteiger partial charge < -0.3 is 25.3 Å². The van der Waals surface area contributed by atoms with Crippen molar-refractivity contribution in [3.63, 3.8) is 0 Å². The van der Waals surface area contributed by atoms with Gasteiger partial charge in [0.15, 0.2) is 0 Å². The zero-order valence-corrected chi connectivity index (χ0v) is 10.1. The van der Waals surface area contributed by atoms with E-state index in [9.17, 15) is 19.8 Å². The maximum atomic E-state index is 9.49. The number of hydrogen-bond donors (Lipinski definition) is 0. The molecule has 0 aromatic rings. The van der Waals surface area contributed by atoms with Crippen LogP contribution in [0.4, 0.5) is 0 Å². The molecule has 2 N–H and O–H groups in total. The van der Waals surface area contributed by atoms with Crippen LogP contribution in [0.25, 0.3) is 0 Å². The van der Waals surface area contributed by atoms with E-state index in [0.717, 1.165) is 0 Å². The molecule has 0 aliphatic rings. The summed E-state index contributed by atoms with van der Waals surface area (Å²) in [5.41, 5.74) is 0. The van der Waals surface area contributed by atoms with Crippen LogP contribution in [0.5, 0.6) is 0 Å². The van der Waals surface area contributed by atoms with Crippen molar-refractivity contribution in [2.45, 2.75) is 39.5 Å². The monoisotopic (exact) mass is 216 g/mol. The normalized spacial score (nSPS) is 7.00. The Balaban J connectivity index is -0.0000000625. The molecule has 6 heteroatoms. The maximum Gasteiger partial charge on any atom is 2.00 e. The van der Waals surface area contributed by atoms with E-state index in [1.807, 2.05) is 0 Å². The first-order valence-electron chi connectivity index (χ1n) is 3.94. The Kier molecular flexibility index (Phi) is 30.9. The molecule has 0 heterocycles. The van der Waals surface area contributed by atoms with Crippen molar-refractivity contribution in [1.29, 1.82) is 0 Å². The summed E-state index contributed by atoms with van der Waals surface area (Å²) in [5, 5.41) is 19.0. The number of carboxylic acids is 2. The smallest absolute Gasteiger partial charge is 0.550 e. The Bertz CT molecular complexity index is 122. The zero-order chi connectivity index (χ0) is 9.98. The molecule has 0 spiro atoms. The van der Waals surface area contributed by atoms with E-state index < -0.39 is 11.9 Å². The fraction of sp³-hybridized carbons (Fsp3) is 0.750. The van der Waals surface area contributed by atoms with E-state index in [2.05, 4.69) is 0 Å². The number of carbonyl (C=O) groups excluding carboxylic acids is 2. The van der Waals surface area contributed by atoms with Gasteiger partial charge in [-0.15, -0.1) is 0 Å². The SMILES string of the molecule is CCCC(=O)[O-].CCCC(=O)[O-].O.[Mg+2].